The van der Waals surface area contributed by atoms with E-state index in [0.29, 0.717) is 12.3 Å². The highest BCUT2D eigenvalue weighted by Crippen LogP contribution is 2.32. The summed E-state index contributed by atoms with van der Waals surface area (Å²) in [6.45, 7) is 7.42. The van der Waals surface area contributed by atoms with Gasteiger partial charge >= 0.3 is 6.09 Å². The van der Waals surface area contributed by atoms with Crippen molar-refractivity contribution in [2.75, 3.05) is 43.1 Å². The molecule has 1 saturated heterocycles. The van der Waals surface area contributed by atoms with Gasteiger partial charge in [-0.15, -0.1) is 0 Å². The van der Waals surface area contributed by atoms with E-state index in [9.17, 15) is 4.79 Å². The van der Waals surface area contributed by atoms with Gasteiger partial charge in [0.25, 0.3) is 0 Å². The van der Waals surface area contributed by atoms with Crippen molar-refractivity contribution in [1.82, 2.24) is 14.7 Å². The van der Waals surface area contributed by atoms with E-state index in [2.05, 4.69) is 15.3 Å². The number of ether oxygens (including phenoxy) is 2. The number of carbonyl (C=O) groups is 1. The molecule has 2 heterocycles. The van der Waals surface area contributed by atoms with Gasteiger partial charge in [-0.2, -0.15) is 16.9 Å². The normalized spacial score (nSPS) is 15.2. The third-order valence-electron chi connectivity index (χ3n) is 4.65. The highest BCUT2D eigenvalue weighted by molar-refractivity contribution is 7.99. The summed E-state index contributed by atoms with van der Waals surface area (Å²) < 4.78 is 13.1. The molecular formula is C21H30N4O3S. The summed E-state index contributed by atoms with van der Waals surface area (Å²) >= 11 is 2.02. The van der Waals surface area contributed by atoms with Crippen LogP contribution in [-0.4, -0.2) is 64.6 Å². The number of amides is 1. The molecule has 0 saturated carbocycles. The number of hydrogen-bond acceptors (Lipinski definition) is 6. The van der Waals surface area contributed by atoms with Gasteiger partial charge in [-0.05, 0) is 56.8 Å². The fourth-order valence-corrected chi connectivity index (χ4v) is 4.16. The molecule has 0 unspecified atom stereocenters. The van der Waals surface area contributed by atoms with Crippen molar-refractivity contribution in [2.45, 2.75) is 26.4 Å². The predicted molar refractivity (Wildman–Crippen MR) is 118 cm³/mol. The number of rotatable bonds is 7. The first-order valence-electron chi connectivity index (χ1n) is 10.1. The Morgan fingerprint density at radius 3 is 2.90 bits per heavy atom. The molecule has 158 valence electrons. The van der Waals surface area contributed by atoms with Gasteiger partial charge in [0.2, 0.25) is 0 Å². The van der Waals surface area contributed by atoms with Gasteiger partial charge in [0.1, 0.15) is 12.4 Å². The molecule has 0 bridgehead atoms. The zero-order chi connectivity index (χ0) is 20.6. The standard InChI is InChI=1S/C21H30N4O3S/c1-16(2)28-21(26)23-17-5-6-20(18(15-17)19-7-8-22-24(19)3)27-12-10-25-9-4-13-29-14-11-25/h5-8,15-16H,4,9-14H2,1-3H3,(H,23,26). The van der Waals surface area contributed by atoms with Crippen molar-refractivity contribution >= 4 is 23.5 Å². The maximum Gasteiger partial charge on any atom is 0.411 e. The van der Waals surface area contributed by atoms with E-state index in [1.165, 1.54) is 17.9 Å². The summed E-state index contributed by atoms with van der Waals surface area (Å²) in [4.78, 5) is 14.4. The fraction of sp³-hybridized carbons (Fsp3) is 0.524. The van der Waals surface area contributed by atoms with Crippen LogP contribution >= 0.6 is 11.8 Å². The second-order valence-electron chi connectivity index (χ2n) is 7.29. The molecule has 1 aromatic carbocycles. The molecule has 1 aromatic heterocycles. The molecule has 1 amide bonds. The second kappa shape index (κ2) is 10.5. The van der Waals surface area contributed by atoms with Gasteiger partial charge in [-0.25, -0.2) is 4.79 Å². The molecule has 2 aromatic rings. The van der Waals surface area contributed by atoms with Crippen LogP contribution < -0.4 is 10.1 Å². The minimum Gasteiger partial charge on any atom is -0.492 e. The van der Waals surface area contributed by atoms with Crippen LogP contribution in [-0.2, 0) is 11.8 Å². The summed E-state index contributed by atoms with van der Waals surface area (Å²) in [5.41, 5.74) is 2.47. The smallest absolute Gasteiger partial charge is 0.411 e. The lowest BCUT2D eigenvalue weighted by molar-refractivity contribution is 0.130. The van der Waals surface area contributed by atoms with Crippen molar-refractivity contribution in [3.05, 3.63) is 30.5 Å². The number of anilines is 1. The van der Waals surface area contributed by atoms with E-state index in [-0.39, 0.29) is 6.10 Å². The highest BCUT2D eigenvalue weighted by atomic mass is 32.2. The summed E-state index contributed by atoms with van der Waals surface area (Å²) in [5.74, 6) is 3.21. The van der Waals surface area contributed by atoms with Crippen LogP contribution in [0.15, 0.2) is 30.5 Å². The zero-order valence-electron chi connectivity index (χ0n) is 17.4. The summed E-state index contributed by atoms with van der Waals surface area (Å²) in [6.07, 6.45) is 2.34. The minimum absolute atomic E-state index is 0.175. The molecule has 29 heavy (non-hydrogen) atoms. The lowest BCUT2D eigenvalue weighted by atomic mass is 10.1. The third-order valence-corrected chi connectivity index (χ3v) is 5.69. The predicted octanol–water partition coefficient (Wildman–Crippen LogP) is 3.86. The highest BCUT2D eigenvalue weighted by Gasteiger charge is 2.14. The average molecular weight is 419 g/mol. The monoisotopic (exact) mass is 418 g/mol. The Morgan fingerprint density at radius 1 is 1.28 bits per heavy atom. The van der Waals surface area contributed by atoms with Gasteiger partial charge < -0.3 is 9.47 Å². The first-order chi connectivity index (χ1) is 14.0. The van der Waals surface area contributed by atoms with E-state index in [0.717, 1.165) is 36.6 Å². The van der Waals surface area contributed by atoms with Crippen LogP contribution in [0.5, 0.6) is 5.75 Å². The van der Waals surface area contributed by atoms with Crippen molar-refractivity contribution in [1.29, 1.82) is 0 Å². The maximum absolute atomic E-state index is 12.0. The van der Waals surface area contributed by atoms with Gasteiger partial charge in [0.15, 0.2) is 0 Å². The van der Waals surface area contributed by atoms with Gasteiger partial charge in [-0.1, -0.05) is 0 Å². The van der Waals surface area contributed by atoms with E-state index in [4.69, 9.17) is 9.47 Å². The van der Waals surface area contributed by atoms with E-state index in [1.54, 1.807) is 10.9 Å². The van der Waals surface area contributed by atoms with E-state index >= 15 is 0 Å². The molecule has 3 rings (SSSR count). The Bertz CT molecular complexity index is 801. The lowest BCUT2D eigenvalue weighted by Crippen LogP contribution is -2.30. The van der Waals surface area contributed by atoms with Crippen molar-refractivity contribution in [3.63, 3.8) is 0 Å². The maximum atomic E-state index is 12.0. The van der Waals surface area contributed by atoms with Crippen molar-refractivity contribution in [2.24, 2.45) is 7.05 Å². The number of hydrogen-bond donors (Lipinski definition) is 1. The molecule has 1 fully saturated rings. The molecule has 0 spiro atoms. The van der Waals surface area contributed by atoms with Crippen LogP contribution in [0.25, 0.3) is 11.3 Å². The molecular weight excluding hydrogens is 388 g/mol. The van der Waals surface area contributed by atoms with Crippen LogP contribution in [0.3, 0.4) is 0 Å². The lowest BCUT2D eigenvalue weighted by Gasteiger charge is -2.20. The molecule has 8 heteroatoms. The number of aryl methyl sites for hydroxylation is 1. The quantitative estimate of drug-likeness (QED) is 0.736. The average Bonchev–Trinajstić information content (AvgIpc) is 2.93. The van der Waals surface area contributed by atoms with Crippen molar-refractivity contribution < 1.29 is 14.3 Å². The molecule has 7 nitrogen and oxygen atoms in total. The zero-order valence-corrected chi connectivity index (χ0v) is 18.2. The van der Waals surface area contributed by atoms with Crippen LogP contribution in [0.4, 0.5) is 10.5 Å². The van der Waals surface area contributed by atoms with Crippen LogP contribution in [0.1, 0.15) is 20.3 Å². The first-order valence-corrected chi connectivity index (χ1v) is 11.2. The number of benzene rings is 1. The number of nitrogens with one attached hydrogen (secondary N) is 1. The van der Waals surface area contributed by atoms with E-state index < -0.39 is 6.09 Å². The van der Waals surface area contributed by atoms with Gasteiger partial charge in [-0.3, -0.25) is 14.9 Å². The Hall–Kier alpha value is -2.19. The Kier molecular flexibility index (Phi) is 7.83. The summed E-state index contributed by atoms with van der Waals surface area (Å²) in [7, 11) is 1.89. The fourth-order valence-electron chi connectivity index (χ4n) is 3.24. The molecule has 1 aliphatic rings. The largest absolute Gasteiger partial charge is 0.492 e. The number of carbonyl (C=O) groups excluding carboxylic acids is 1. The minimum atomic E-state index is -0.469. The SMILES string of the molecule is CC(C)OC(=O)Nc1ccc(OCCN2CCCSCC2)c(-c2ccnn2C)c1. The van der Waals surface area contributed by atoms with E-state index in [1.807, 2.05) is 56.9 Å². The molecule has 0 atom stereocenters. The van der Waals surface area contributed by atoms with Gasteiger partial charge in [0.05, 0.1) is 11.8 Å². The Balaban J connectivity index is 1.71. The Morgan fingerprint density at radius 2 is 2.14 bits per heavy atom. The molecule has 1 N–H and O–H groups in total. The van der Waals surface area contributed by atoms with Gasteiger partial charge in [0, 0.05) is 43.3 Å². The number of nitrogens with zero attached hydrogens (tertiary/aromatic N) is 3. The molecule has 0 aliphatic carbocycles. The summed E-state index contributed by atoms with van der Waals surface area (Å²) in [6, 6.07) is 7.56. The Labute approximate surface area is 176 Å². The second-order valence-corrected chi connectivity index (χ2v) is 8.51. The topological polar surface area (TPSA) is 68.6 Å². The van der Waals surface area contributed by atoms with Crippen LogP contribution in [0, 0.1) is 0 Å². The van der Waals surface area contributed by atoms with Crippen LogP contribution in [0.2, 0.25) is 0 Å². The third kappa shape index (κ3) is 6.40. The molecule has 1 aliphatic heterocycles. The molecule has 0 radical (unpaired) electrons. The first kappa shape index (κ1) is 21.5. The number of thioether (sulfide) groups is 1. The summed E-state index contributed by atoms with van der Waals surface area (Å²) in [5, 5.41) is 7.05. The van der Waals surface area contributed by atoms with Crippen molar-refractivity contribution in [3.8, 4) is 17.0 Å². The number of aromatic nitrogens is 2.